The molecule has 52 heavy (non-hydrogen) atoms. The summed E-state index contributed by atoms with van der Waals surface area (Å²) >= 11 is 0.145. The molecule has 0 aliphatic carbocycles. The van der Waals surface area contributed by atoms with Crippen LogP contribution in [-0.2, 0) is 0 Å². The van der Waals surface area contributed by atoms with Gasteiger partial charge in [-0.05, 0) is 5.39 Å². The molecule has 11 aromatic rings. The van der Waals surface area contributed by atoms with Gasteiger partial charge in [0.1, 0.15) is 0 Å². The van der Waals surface area contributed by atoms with Crippen molar-refractivity contribution in [3.8, 4) is 45.6 Å². The van der Waals surface area contributed by atoms with E-state index < -0.39 is 0 Å². The number of benzene rings is 8. The van der Waals surface area contributed by atoms with E-state index in [9.17, 15) is 0 Å². The Morgan fingerprint density at radius 3 is 1.92 bits per heavy atom. The third-order valence-corrected chi connectivity index (χ3v) is 12.3. The minimum atomic E-state index is 0.145. The molecule has 3 heterocycles. The molecule has 11 rings (SSSR count). The van der Waals surface area contributed by atoms with Gasteiger partial charge >= 0.3 is 269 Å². The predicted octanol–water partition coefficient (Wildman–Crippen LogP) is 11.5. The Balaban J connectivity index is 1.17. The average molecular weight is 730 g/mol. The van der Waals surface area contributed by atoms with Gasteiger partial charge in [-0.2, -0.15) is 0 Å². The molecule has 0 bridgehead atoms. The molecular formula is C46H26N4OSe. The fourth-order valence-electron chi connectivity index (χ4n) is 7.49. The molecule has 0 radical (unpaired) electrons. The molecule has 0 aliphatic heterocycles. The standard InChI is InChI=1S/C46H26N4OSe/c1-3-11-29(12-4-1)43-48-44(32-19-18-27-10-7-8-15-31(27)26-32)50-45(49-43)35-17-9-16-34-33(35)22-20-28-21-24-37-40(39(28)34)41-38(52-37)25-23-36-42(41)47-46(51-36)30-13-5-2-6-14-30/h1-26H. The Bertz CT molecular complexity index is 3190. The topological polar surface area (TPSA) is 64.7 Å². The van der Waals surface area contributed by atoms with Gasteiger partial charge in [0, 0.05) is 0 Å². The van der Waals surface area contributed by atoms with Crippen molar-refractivity contribution < 1.29 is 4.42 Å². The van der Waals surface area contributed by atoms with E-state index in [1.165, 1.54) is 35.5 Å². The second kappa shape index (κ2) is 11.5. The van der Waals surface area contributed by atoms with Crippen molar-refractivity contribution >= 4 is 77.2 Å². The van der Waals surface area contributed by atoms with Crippen LogP contribution in [0.2, 0.25) is 0 Å². The summed E-state index contributed by atoms with van der Waals surface area (Å²) in [5, 5.41) is 9.43. The van der Waals surface area contributed by atoms with E-state index in [1.54, 1.807) is 0 Å². The first-order valence-corrected chi connectivity index (χ1v) is 18.9. The fraction of sp³-hybridized carbons (Fsp3) is 0. The number of aromatic nitrogens is 4. The Labute approximate surface area is 303 Å². The van der Waals surface area contributed by atoms with Crippen molar-refractivity contribution in [2.24, 2.45) is 0 Å². The Kier molecular flexibility index (Phi) is 6.50. The molecule has 0 unspecified atom stereocenters. The summed E-state index contributed by atoms with van der Waals surface area (Å²) in [5.41, 5.74) is 5.56. The van der Waals surface area contributed by atoms with Crippen LogP contribution in [-0.4, -0.2) is 34.4 Å². The number of oxazole rings is 1. The van der Waals surface area contributed by atoms with Gasteiger partial charge < -0.3 is 0 Å². The van der Waals surface area contributed by atoms with Crippen LogP contribution in [0.4, 0.5) is 0 Å². The van der Waals surface area contributed by atoms with E-state index in [0.717, 1.165) is 49.5 Å². The summed E-state index contributed by atoms with van der Waals surface area (Å²) in [6, 6.07) is 54.9. The number of fused-ring (bicyclic) bond motifs is 10. The van der Waals surface area contributed by atoms with Crippen molar-refractivity contribution in [2.75, 3.05) is 0 Å². The molecule has 0 N–H and O–H groups in total. The van der Waals surface area contributed by atoms with Gasteiger partial charge in [-0.3, -0.25) is 0 Å². The zero-order valence-electron chi connectivity index (χ0n) is 27.6. The molecule has 0 aliphatic rings. The molecule has 0 fully saturated rings. The van der Waals surface area contributed by atoms with Crippen molar-refractivity contribution in [3.05, 3.63) is 158 Å². The van der Waals surface area contributed by atoms with E-state index in [4.69, 9.17) is 24.4 Å². The summed E-state index contributed by atoms with van der Waals surface area (Å²) in [6.45, 7) is 0. The third kappa shape index (κ3) is 4.62. The van der Waals surface area contributed by atoms with E-state index in [1.807, 2.05) is 48.5 Å². The van der Waals surface area contributed by atoms with Crippen LogP contribution in [0.3, 0.4) is 0 Å². The fourth-order valence-corrected chi connectivity index (χ4v) is 9.83. The van der Waals surface area contributed by atoms with Crippen molar-refractivity contribution in [2.45, 2.75) is 0 Å². The third-order valence-electron chi connectivity index (χ3n) is 9.93. The van der Waals surface area contributed by atoms with Crippen molar-refractivity contribution in [1.29, 1.82) is 0 Å². The molecule has 0 spiro atoms. The van der Waals surface area contributed by atoms with Gasteiger partial charge in [0.15, 0.2) is 0 Å². The molecule has 0 amide bonds. The summed E-state index contributed by atoms with van der Waals surface area (Å²) < 4.78 is 9.05. The van der Waals surface area contributed by atoms with E-state index in [-0.39, 0.29) is 14.5 Å². The first kappa shape index (κ1) is 29.3. The van der Waals surface area contributed by atoms with Gasteiger partial charge in [-0.15, -0.1) is 0 Å². The zero-order chi connectivity index (χ0) is 34.2. The number of hydrogen-bond acceptors (Lipinski definition) is 5. The van der Waals surface area contributed by atoms with Crippen LogP contribution in [0.25, 0.3) is 108 Å². The van der Waals surface area contributed by atoms with Crippen LogP contribution >= 0.6 is 0 Å². The van der Waals surface area contributed by atoms with Crippen LogP contribution in [0.15, 0.2) is 162 Å². The van der Waals surface area contributed by atoms with Gasteiger partial charge in [0.2, 0.25) is 0 Å². The number of nitrogens with zero attached hydrogens (tertiary/aromatic N) is 4. The summed E-state index contributed by atoms with van der Waals surface area (Å²) in [7, 11) is 0. The van der Waals surface area contributed by atoms with E-state index in [0.29, 0.717) is 23.4 Å². The molecule has 0 atom stereocenters. The first-order valence-electron chi connectivity index (χ1n) is 17.2. The van der Waals surface area contributed by atoms with E-state index >= 15 is 0 Å². The van der Waals surface area contributed by atoms with Gasteiger partial charge in [-0.25, -0.2) is 0 Å². The Morgan fingerprint density at radius 1 is 0.404 bits per heavy atom. The van der Waals surface area contributed by atoms with Crippen LogP contribution in [0.5, 0.6) is 0 Å². The molecule has 242 valence electrons. The van der Waals surface area contributed by atoms with Crippen molar-refractivity contribution in [3.63, 3.8) is 0 Å². The average Bonchev–Trinajstić information content (AvgIpc) is 3.83. The monoisotopic (exact) mass is 730 g/mol. The Hall–Kier alpha value is -6.46. The SMILES string of the molecule is c1ccc(-c2nc(-c3ccc4ccccc4c3)nc(-c3cccc4c3ccc3ccc5[se]c6ccc7oc(-c8ccccc8)nc7c6c5c34)n2)cc1. The van der Waals surface area contributed by atoms with Gasteiger partial charge in [0.05, 0.1) is 0 Å². The maximum atomic E-state index is 6.36. The minimum absolute atomic E-state index is 0.145. The first-order chi connectivity index (χ1) is 25.7. The Morgan fingerprint density at radius 2 is 1.08 bits per heavy atom. The molecule has 0 saturated heterocycles. The van der Waals surface area contributed by atoms with Gasteiger partial charge in [-0.1, -0.05) is 30.3 Å². The summed E-state index contributed by atoms with van der Waals surface area (Å²) in [6.07, 6.45) is 0. The molecule has 6 heteroatoms. The normalized spacial score (nSPS) is 11.8. The van der Waals surface area contributed by atoms with Crippen LogP contribution in [0, 0.1) is 0 Å². The predicted molar refractivity (Wildman–Crippen MR) is 214 cm³/mol. The number of rotatable bonds is 4. The molecule has 8 aromatic carbocycles. The number of hydrogen-bond donors (Lipinski definition) is 0. The molecule has 0 saturated carbocycles. The maximum absolute atomic E-state index is 6.36. The molecule has 5 nitrogen and oxygen atoms in total. The zero-order valence-corrected chi connectivity index (χ0v) is 29.3. The van der Waals surface area contributed by atoms with Crippen LogP contribution < -0.4 is 0 Å². The second-order valence-electron chi connectivity index (χ2n) is 13.0. The van der Waals surface area contributed by atoms with E-state index in [2.05, 4.69) is 109 Å². The van der Waals surface area contributed by atoms with Gasteiger partial charge in [0.25, 0.3) is 0 Å². The van der Waals surface area contributed by atoms with Crippen LogP contribution in [0.1, 0.15) is 0 Å². The molecule has 3 aromatic heterocycles. The molecular weight excluding hydrogens is 703 g/mol. The summed E-state index contributed by atoms with van der Waals surface area (Å²) in [5.74, 6) is 2.58. The second-order valence-corrected chi connectivity index (χ2v) is 15.3. The van der Waals surface area contributed by atoms with Crippen molar-refractivity contribution in [1.82, 2.24) is 19.9 Å². The summed E-state index contributed by atoms with van der Waals surface area (Å²) in [4.78, 5) is 20.5. The quantitative estimate of drug-likeness (QED) is 0.133.